The van der Waals surface area contributed by atoms with E-state index in [4.69, 9.17) is 17.3 Å². The molecule has 0 unspecified atom stereocenters. The molecule has 5 rings (SSSR count). The van der Waals surface area contributed by atoms with E-state index in [-0.39, 0.29) is 35.1 Å². The zero-order valence-corrected chi connectivity index (χ0v) is 28.9. The lowest BCUT2D eigenvalue weighted by Crippen LogP contribution is -2.58. The number of piperidine rings is 1. The van der Waals surface area contributed by atoms with Gasteiger partial charge in [0.2, 0.25) is 0 Å². The second-order valence-electron chi connectivity index (χ2n) is 13.1. The average Bonchev–Trinajstić information content (AvgIpc) is 3.46. The molecule has 2 atom stereocenters. The van der Waals surface area contributed by atoms with Gasteiger partial charge in [-0.05, 0) is 69.3 Å². The van der Waals surface area contributed by atoms with Gasteiger partial charge in [0.25, 0.3) is 5.91 Å². The Labute approximate surface area is 278 Å². The molecule has 0 spiro atoms. The van der Waals surface area contributed by atoms with Crippen LogP contribution in [0.5, 0.6) is 0 Å². The molecule has 3 saturated heterocycles. The molecule has 2 aromatic rings. The van der Waals surface area contributed by atoms with Crippen LogP contribution in [0, 0.1) is 6.92 Å². The second-order valence-corrected chi connectivity index (χ2v) is 15.7. The van der Waals surface area contributed by atoms with Crippen LogP contribution >= 0.6 is 11.6 Å². The van der Waals surface area contributed by atoms with Crippen LogP contribution in [-0.4, -0.2) is 122 Å². The Kier molecular flexibility index (Phi) is 11.3. The molecule has 0 saturated carbocycles. The summed E-state index contributed by atoms with van der Waals surface area (Å²) >= 11 is 6.56. The van der Waals surface area contributed by atoms with E-state index in [0.29, 0.717) is 30.9 Å². The Morgan fingerprint density at radius 2 is 1.85 bits per heavy atom. The quantitative estimate of drug-likeness (QED) is 0.301. The van der Waals surface area contributed by atoms with Crippen molar-refractivity contribution in [3.05, 3.63) is 40.2 Å². The third kappa shape index (κ3) is 8.60. The molecule has 14 heteroatoms. The Balaban J connectivity index is 1.15. The number of aliphatic hydroxyl groups excluding tert-OH is 1. The minimum Gasteiger partial charge on any atom is -0.391 e. The largest absolute Gasteiger partial charge is 0.391 e. The number of aryl methyl sites for hydroxylation is 1. The van der Waals surface area contributed by atoms with Gasteiger partial charge in [-0.25, -0.2) is 18.4 Å². The third-order valence-corrected chi connectivity index (χ3v) is 10.8. The molecule has 1 amide bonds. The fraction of sp³-hybridized carbons (Fsp3) is 0.656. The van der Waals surface area contributed by atoms with Crippen molar-refractivity contribution in [3.8, 4) is 0 Å². The van der Waals surface area contributed by atoms with Crippen LogP contribution in [-0.2, 0) is 16.4 Å². The number of anilines is 3. The SMILES string of the molecule is CC[C@H]1CN(c2nc(N)c(C(=O)NCCCS(C)(=O)=O)nc2Cl)CCN1C1CCN(Cc2ccc(C)cc2N2CC[C@@H](O)C2)CC1. The number of carbonyl (C=O) groups is 1. The number of nitrogen functional groups attached to an aromatic ring is 1. The van der Waals surface area contributed by atoms with Gasteiger partial charge in [-0.15, -0.1) is 0 Å². The number of piperazine rings is 1. The Bertz CT molecular complexity index is 1490. The van der Waals surface area contributed by atoms with Gasteiger partial charge in [-0.3, -0.25) is 14.6 Å². The number of rotatable bonds is 11. The van der Waals surface area contributed by atoms with Crippen LogP contribution in [0.1, 0.15) is 60.6 Å². The van der Waals surface area contributed by atoms with E-state index in [1.165, 1.54) is 16.8 Å². The second kappa shape index (κ2) is 15.0. The van der Waals surface area contributed by atoms with Gasteiger partial charge in [0.05, 0.1) is 11.9 Å². The van der Waals surface area contributed by atoms with Gasteiger partial charge in [-0.2, -0.15) is 0 Å². The van der Waals surface area contributed by atoms with Crippen LogP contribution in [0.15, 0.2) is 18.2 Å². The monoisotopic (exact) mass is 676 g/mol. The number of aliphatic hydroxyl groups is 1. The fourth-order valence-corrected chi connectivity index (χ4v) is 7.94. The first-order valence-electron chi connectivity index (χ1n) is 16.5. The van der Waals surface area contributed by atoms with Crippen LogP contribution in [0.4, 0.5) is 17.3 Å². The molecule has 4 heterocycles. The van der Waals surface area contributed by atoms with Crippen molar-refractivity contribution in [2.75, 3.05) is 79.9 Å². The van der Waals surface area contributed by atoms with E-state index in [1.54, 1.807) is 0 Å². The number of hydrogen-bond acceptors (Lipinski definition) is 11. The summed E-state index contributed by atoms with van der Waals surface area (Å²) in [6, 6.07) is 7.56. The number of nitrogens with zero attached hydrogens (tertiary/aromatic N) is 6. The lowest BCUT2D eigenvalue weighted by Gasteiger charge is -2.47. The highest BCUT2D eigenvalue weighted by Crippen LogP contribution is 2.31. The summed E-state index contributed by atoms with van der Waals surface area (Å²) in [4.78, 5) is 31.1. The highest BCUT2D eigenvalue weighted by atomic mass is 35.5. The Morgan fingerprint density at radius 3 is 2.52 bits per heavy atom. The maximum absolute atomic E-state index is 12.6. The number of aromatic nitrogens is 2. The lowest BCUT2D eigenvalue weighted by molar-refractivity contribution is 0.0611. The highest BCUT2D eigenvalue weighted by Gasteiger charge is 2.35. The molecular weight excluding hydrogens is 628 g/mol. The number of nitrogens with one attached hydrogen (secondary N) is 1. The minimum atomic E-state index is -3.10. The molecule has 1 aromatic carbocycles. The molecule has 0 bridgehead atoms. The predicted octanol–water partition coefficient (Wildman–Crippen LogP) is 2.32. The van der Waals surface area contributed by atoms with Crippen molar-refractivity contribution in [2.45, 2.75) is 70.7 Å². The molecular formula is C32H49ClN8O4S. The van der Waals surface area contributed by atoms with Crippen molar-refractivity contribution in [1.29, 1.82) is 0 Å². The molecule has 12 nitrogen and oxygen atoms in total. The first-order valence-corrected chi connectivity index (χ1v) is 18.9. The van der Waals surface area contributed by atoms with Crippen LogP contribution in [0.2, 0.25) is 5.15 Å². The van der Waals surface area contributed by atoms with E-state index in [0.717, 1.165) is 77.8 Å². The van der Waals surface area contributed by atoms with E-state index >= 15 is 0 Å². The van der Waals surface area contributed by atoms with Crippen molar-refractivity contribution >= 4 is 44.7 Å². The zero-order chi connectivity index (χ0) is 33.0. The molecule has 46 heavy (non-hydrogen) atoms. The number of nitrogens with two attached hydrogens (primary N) is 1. The number of β-amino-alcohol motifs (C(OH)–C–C–N with tert-alkyl or cyclic N) is 1. The number of amides is 1. The first kappa shape index (κ1) is 34.6. The number of likely N-dealkylation sites (tertiary alicyclic amines) is 1. The van der Waals surface area contributed by atoms with Crippen LogP contribution < -0.4 is 20.9 Å². The van der Waals surface area contributed by atoms with Crippen molar-refractivity contribution in [1.82, 2.24) is 25.1 Å². The highest BCUT2D eigenvalue weighted by molar-refractivity contribution is 7.90. The maximum Gasteiger partial charge on any atom is 0.273 e. The summed E-state index contributed by atoms with van der Waals surface area (Å²) in [5.41, 5.74) is 9.96. The summed E-state index contributed by atoms with van der Waals surface area (Å²) in [5.74, 6) is -0.0548. The predicted molar refractivity (Wildman–Crippen MR) is 183 cm³/mol. The van der Waals surface area contributed by atoms with Crippen LogP contribution in [0.3, 0.4) is 0 Å². The Morgan fingerprint density at radius 1 is 1.09 bits per heavy atom. The number of benzene rings is 1. The van der Waals surface area contributed by atoms with Crippen molar-refractivity contribution in [3.63, 3.8) is 0 Å². The first-order chi connectivity index (χ1) is 21.9. The summed E-state index contributed by atoms with van der Waals surface area (Å²) in [6.45, 7) is 11.5. The van der Waals surface area contributed by atoms with Crippen molar-refractivity contribution in [2.24, 2.45) is 0 Å². The normalized spacial score (nSPS) is 22.0. The summed E-state index contributed by atoms with van der Waals surface area (Å²) in [6.07, 6.45) is 5.26. The van der Waals surface area contributed by atoms with E-state index < -0.39 is 15.7 Å². The molecule has 3 fully saturated rings. The molecule has 1 aromatic heterocycles. The summed E-state index contributed by atoms with van der Waals surface area (Å²) in [7, 11) is -3.10. The topological polar surface area (TPSA) is 148 Å². The van der Waals surface area contributed by atoms with Crippen LogP contribution in [0.25, 0.3) is 0 Å². The molecule has 3 aliphatic rings. The summed E-state index contributed by atoms with van der Waals surface area (Å²) in [5, 5.41) is 12.9. The molecule has 0 radical (unpaired) electrons. The number of halogens is 1. The fourth-order valence-electron chi connectivity index (χ4n) is 7.03. The minimum absolute atomic E-state index is 0.000469. The van der Waals surface area contributed by atoms with E-state index in [1.807, 2.05) is 0 Å². The molecule has 4 N–H and O–H groups in total. The molecule has 0 aliphatic carbocycles. The van der Waals surface area contributed by atoms with Gasteiger partial charge >= 0.3 is 0 Å². The maximum atomic E-state index is 12.6. The van der Waals surface area contributed by atoms with Gasteiger partial charge in [0.15, 0.2) is 22.5 Å². The van der Waals surface area contributed by atoms with Gasteiger partial charge in [-0.1, -0.05) is 30.7 Å². The van der Waals surface area contributed by atoms with Gasteiger partial charge < -0.3 is 26.0 Å². The molecule has 3 aliphatic heterocycles. The molecule has 254 valence electrons. The van der Waals surface area contributed by atoms with Crippen molar-refractivity contribution < 1.29 is 18.3 Å². The smallest absolute Gasteiger partial charge is 0.273 e. The summed E-state index contributed by atoms with van der Waals surface area (Å²) < 4.78 is 22.7. The zero-order valence-electron chi connectivity index (χ0n) is 27.3. The number of carbonyl (C=O) groups excluding carboxylic acids is 1. The number of hydrogen-bond donors (Lipinski definition) is 3. The standard InChI is InChI=1S/C32H49ClN8O4S/c1-4-24-20-40(31-29(33)36-28(30(34)37-31)32(43)35-11-5-17-46(3,44)45)15-16-41(24)25-8-12-38(13-9-25)19-23-7-6-22(2)18-27(23)39-14-10-26(42)21-39/h6-7,18,24-26,42H,4-5,8-17,19-21H2,1-3H3,(H2,34,37)(H,35,43)/t24-,26+/m0/s1. The number of sulfone groups is 1. The van der Waals surface area contributed by atoms with Gasteiger partial charge in [0, 0.05) is 69.8 Å². The Hall–Kier alpha value is -2.71. The lowest BCUT2D eigenvalue weighted by atomic mass is 9.97. The van der Waals surface area contributed by atoms with E-state index in [2.05, 4.69) is 66.9 Å². The van der Waals surface area contributed by atoms with E-state index in [9.17, 15) is 18.3 Å². The third-order valence-electron chi connectivity index (χ3n) is 9.52. The average molecular weight is 677 g/mol. The van der Waals surface area contributed by atoms with Gasteiger partial charge in [0.1, 0.15) is 9.84 Å².